The molecule has 0 atom stereocenters. The van der Waals surface area contributed by atoms with Crippen molar-refractivity contribution in [2.24, 2.45) is 7.05 Å². The molecule has 0 saturated heterocycles. The second-order valence-corrected chi connectivity index (χ2v) is 6.96. The van der Waals surface area contributed by atoms with Crippen LogP contribution >= 0.6 is 0 Å². The lowest BCUT2D eigenvalue weighted by Gasteiger charge is -2.26. The Morgan fingerprint density at radius 2 is 1.96 bits per heavy atom. The summed E-state index contributed by atoms with van der Waals surface area (Å²) in [6.07, 6.45) is 8.06. The van der Waals surface area contributed by atoms with Gasteiger partial charge in [0.2, 0.25) is 5.91 Å². The zero-order chi connectivity index (χ0) is 19.7. The molecule has 0 aliphatic carbocycles. The molecule has 0 bridgehead atoms. The minimum atomic E-state index is -0.167. The number of nitrogens with one attached hydrogen (secondary N) is 1. The predicted molar refractivity (Wildman–Crippen MR) is 106 cm³/mol. The maximum atomic E-state index is 12.2. The predicted octanol–water partition coefficient (Wildman–Crippen LogP) is 2.32. The second kappa shape index (κ2) is 7.26. The van der Waals surface area contributed by atoms with Crippen molar-refractivity contribution < 1.29 is 9.59 Å². The van der Waals surface area contributed by atoms with Crippen LogP contribution in [0, 0.1) is 0 Å². The molecule has 1 aromatic carbocycles. The van der Waals surface area contributed by atoms with E-state index in [2.05, 4.69) is 21.5 Å². The van der Waals surface area contributed by atoms with E-state index in [1.807, 2.05) is 31.4 Å². The lowest BCUT2D eigenvalue weighted by atomic mass is 9.96. The Hall–Kier alpha value is -3.48. The summed E-state index contributed by atoms with van der Waals surface area (Å²) in [5, 5.41) is 6.90. The van der Waals surface area contributed by atoms with Gasteiger partial charge in [0.1, 0.15) is 0 Å². The third-order valence-corrected chi connectivity index (χ3v) is 4.97. The average molecular weight is 375 g/mol. The van der Waals surface area contributed by atoms with Crippen LogP contribution in [0.1, 0.15) is 27.9 Å². The highest BCUT2D eigenvalue weighted by Gasteiger charge is 2.21. The number of aryl methyl sites for hydroxylation is 2. The van der Waals surface area contributed by atoms with Crippen LogP contribution in [-0.4, -0.2) is 33.6 Å². The van der Waals surface area contributed by atoms with Crippen LogP contribution in [0.4, 0.5) is 5.69 Å². The summed E-state index contributed by atoms with van der Waals surface area (Å²) < 4.78 is 1.60. The lowest BCUT2D eigenvalue weighted by Crippen LogP contribution is -2.30. The first-order valence-corrected chi connectivity index (χ1v) is 9.12. The van der Waals surface area contributed by atoms with Gasteiger partial charge in [0.15, 0.2) is 0 Å². The van der Waals surface area contributed by atoms with Crippen molar-refractivity contribution in [1.29, 1.82) is 0 Å². The number of rotatable bonds is 4. The maximum Gasteiger partial charge on any atom is 0.254 e. The third kappa shape index (κ3) is 3.51. The van der Waals surface area contributed by atoms with Crippen molar-refractivity contribution in [1.82, 2.24) is 20.1 Å². The summed E-state index contributed by atoms with van der Waals surface area (Å²) in [4.78, 5) is 30.1. The molecule has 7 heteroatoms. The van der Waals surface area contributed by atoms with Crippen molar-refractivity contribution >= 4 is 17.5 Å². The number of amides is 2. The van der Waals surface area contributed by atoms with Crippen LogP contribution in [0.15, 0.2) is 49.1 Å². The molecular weight excluding hydrogens is 354 g/mol. The molecule has 3 aromatic rings. The Morgan fingerprint density at radius 3 is 2.75 bits per heavy atom. The van der Waals surface area contributed by atoms with E-state index in [1.54, 1.807) is 35.2 Å². The van der Waals surface area contributed by atoms with Crippen LogP contribution < -0.4 is 10.2 Å². The Kier molecular flexibility index (Phi) is 4.65. The summed E-state index contributed by atoms with van der Waals surface area (Å²) in [6.45, 7) is 0.386. The summed E-state index contributed by atoms with van der Waals surface area (Å²) in [7, 11) is 3.59. The molecule has 0 saturated carbocycles. The van der Waals surface area contributed by atoms with E-state index in [0.29, 0.717) is 18.5 Å². The molecule has 142 valence electrons. The molecule has 2 aromatic heterocycles. The maximum absolute atomic E-state index is 12.2. The summed E-state index contributed by atoms with van der Waals surface area (Å²) in [5.41, 5.74) is 5.60. The van der Waals surface area contributed by atoms with E-state index < -0.39 is 0 Å². The number of pyridine rings is 1. The smallest absolute Gasteiger partial charge is 0.254 e. The fourth-order valence-corrected chi connectivity index (χ4v) is 3.40. The monoisotopic (exact) mass is 375 g/mol. The molecule has 0 spiro atoms. The number of nitrogens with zero attached hydrogens (tertiary/aromatic N) is 4. The average Bonchev–Trinajstić information content (AvgIpc) is 3.15. The molecule has 4 rings (SSSR count). The first-order valence-electron chi connectivity index (χ1n) is 9.12. The van der Waals surface area contributed by atoms with Gasteiger partial charge >= 0.3 is 0 Å². The molecule has 0 radical (unpaired) electrons. The molecule has 3 heterocycles. The Morgan fingerprint density at radius 1 is 1.11 bits per heavy atom. The van der Waals surface area contributed by atoms with E-state index in [9.17, 15) is 9.59 Å². The molecule has 7 nitrogen and oxygen atoms in total. The minimum absolute atomic E-state index is 0.147. The van der Waals surface area contributed by atoms with Crippen LogP contribution in [0.2, 0.25) is 0 Å². The van der Waals surface area contributed by atoms with Crippen molar-refractivity contribution in [3.8, 4) is 11.1 Å². The van der Waals surface area contributed by atoms with Gasteiger partial charge in [-0.2, -0.15) is 5.10 Å². The standard InChI is InChI=1S/C21H21N5O2/c1-25-13-18(12-24-25)21(28)23-10-14-7-17(11-22-9-14)15-3-5-19-16(8-15)4-6-20(27)26(19)2/h3,5,7-9,11-13H,4,6,10H2,1-2H3,(H,23,28). The topological polar surface area (TPSA) is 80.1 Å². The Balaban J connectivity index is 1.51. The molecular formula is C21H21N5O2. The highest BCUT2D eigenvalue weighted by atomic mass is 16.2. The fourth-order valence-electron chi connectivity index (χ4n) is 3.40. The molecule has 0 unspecified atom stereocenters. The van der Waals surface area contributed by atoms with E-state index in [1.165, 1.54) is 0 Å². The number of carbonyl (C=O) groups is 2. The van der Waals surface area contributed by atoms with E-state index in [4.69, 9.17) is 0 Å². The van der Waals surface area contributed by atoms with Crippen LogP contribution in [-0.2, 0) is 24.8 Å². The first-order chi connectivity index (χ1) is 13.5. The van der Waals surface area contributed by atoms with Gasteiger partial charge in [-0.25, -0.2) is 0 Å². The van der Waals surface area contributed by atoms with Crippen LogP contribution in [0.5, 0.6) is 0 Å². The van der Waals surface area contributed by atoms with E-state index >= 15 is 0 Å². The number of anilines is 1. The number of hydrogen-bond acceptors (Lipinski definition) is 4. The molecule has 1 aliphatic heterocycles. The summed E-state index contributed by atoms with van der Waals surface area (Å²) in [6, 6.07) is 8.13. The second-order valence-electron chi connectivity index (χ2n) is 6.96. The summed E-state index contributed by atoms with van der Waals surface area (Å²) >= 11 is 0. The number of aromatic nitrogens is 3. The van der Waals surface area contributed by atoms with Crippen LogP contribution in [0.25, 0.3) is 11.1 Å². The van der Waals surface area contributed by atoms with Crippen molar-refractivity contribution in [2.45, 2.75) is 19.4 Å². The largest absolute Gasteiger partial charge is 0.348 e. The molecule has 0 fully saturated rings. The molecule has 2 amide bonds. The number of benzene rings is 1. The highest BCUT2D eigenvalue weighted by molar-refractivity contribution is 5.96. The van der Waals surface area contributed by atoms with Gasteiger partial charge in [0, 0.05) is 56.9 Å². The van der Waals surface area contributed by atoms with Crippen molar-refractivity contribution in [2.75, 3.05) is 11.9 Å². The number of hydrogen-bond donors (Lipinski definition) is 1. The highest BCUT2D eigenvalue weighted by Crippen LogP contribution is 2.31. The molecule has 1 aliphatic rings. The summed E-state index contributed by atoms with van der Waals surface area (Å²) in [5.74, 6) is -0.0201. The minimum Gasteiger partial charge on any atom is -0.348 e. The first kappa shape index (κ1) is 17.9. The molecule has 1 N–H and O–H groups in total. The zero-order valence-electron chi connectivity index (χ0n) is 15.8. The Bertz CT molecular complexity index is 1060. The number of carbonyl (C=O) groups excluding carboxylic acids is 2. The normalized spacial score (nSPS) is 13.4. The SMILES string of the molecule is CN1C(=O)CCc2cc(-c3cncc(CNC(=O)c4cnn(C)c4)c3)ccc21. The van der Waals surface area contributed by atoms with Gasteiger partial charge in [-0.3, -0.25) is 19.3 Å². The van der Waals surface area contributed by atoms with Crippen molar-refractivity contribution in [3.05, 3.63) is 65.7 Å². The van der Waals surface area contributed by atoms with Crippen molar-refractivity contribution in [3.63, 3.8) is 0 Å². The molecule has 28 heavy (non-hydrogen) atoms. The Labute approximate surface area is 163 Å². The van der Waals surface area contributed by atoms with E-state index in [-0.39, 0.29) is 11.8 Å². The third-order valence-electron chi connectivity index (χ3n) is 4.97. The fraction of sp³-hybridized carbons (Fsp3) is 0.238. The van der Waals surface area contributed by atoms with Gasteiger partial charge < -0.3 is 10.2 Å². The van der Waals surface area contributed by atoms with Crippen LogP contribution in [0.3, 0.4) is 0 Å². The van der Waals surface area contributed by atoms with Gasteiger partial charge in [-0.05, 0) is 41.3 Å². The van der Waals surface area contributed by atoms with Gasteiger partial charge in [-0.1, -0.05) is 6.07 Å². The van der Waals surface area contributed by atoms with Gasteiger partial charge in [0.05, 0.1) is 11.8 Å². The van der Waals surface area contributed by atoms with Gasteiger partial charge in [0.25, 0.3) is 5.91 Å². The lowest BCUT2D eigenvalue weighted by molar-refractivity contribution is -0.118. The van der Waals surface area contributed by atoms with E-state index in [0.717, 1.165) is 34.4 Å². The van der Waals surface area contributed by atoms with Gasteiger partial charge in [-0.15, -0.1) is 0 Å². The quantitative estimate of drug-likeness (QED) is 0.759. The zero-order valence-corrected chi connectivity index (χ0v) is 15.8. The number of fused-ring (bicyclic) bond motifs is 1.